The van der Waals surface area contributed by atoms with E-state index in [9.17, 15) is 4.79 Å². The molecular formula is C18H36N2O3. The van der Waals surface area contributed by atoms with E-state index in [2.05, 4.69) is 33.0 Å². The summed E-state index contributed by atoms with van der Waals surface area (Å²) in [6, 6.07) is 1.01. The van der Waals surface area contributed by atoms with Crippen molar-refractivity contribution >= 4 is 6.09 Å². The highest BCUT2D eigenvalue weighted by molar-refractivity contribution is 5.68. The normalized spacial score (nSPS) is 24.4. The molecule has 1 amide bonds. The summed E-state index contributed by atoms with van der Waals surface area (Å²) >= 11 is 0. The maximum atomic E-state index is 12.2. The lowest BCUT2D eigenvalue weighted by atomic mass is 9.95. The first kappa shape index (κ1) is 20.2. The average Bonchev–Trinajstić information content (AvgIpc) is 2.35. The third-order valence-corrected chi connectivity index (χ3v) is 4.37. The second kappa shape index (κ2) is 7.84. The Morgan fingerprint density at radius 1 is 1.30 bits per heavy atom. The van der Waals surface area contributed by atoms with E-state index in [0.29, 0.717) is 12.1 Å². The maximum absolute atomic E-state index is 12.2. The second-order valence-corrected chi connectivity index (χ2v) is 8.48. The van der Waals surface area contributed by atoms with Gasteiger partial charge in [0.2, 0.25) is 0 Å². The Balaban J connectivity index is 2.48. The standard InChI is InChI=1S/C18H36N2O3/c1-13(12-18(6,7)22-8)19-15-9-10-20(14(2)11-15)16(21)23-17(3,4)5/h13-15,19H,9-12H2,1-8H3. The van der Waals surface area contributed by atoms with Crippen LogP contribution >= 0.6 is 0 Å². The highest BCUT2D eigenvalue weighted by Gasteiger charge is 2.32. The molecule has 0 saturated carbocycles. The van der Waals surface area contributed by atoms with Gasteiger partial charge in [0, 0.05) is 31.8 Å². The SMILES string of the molecule is COC(C)(C)CC(C)NC1CCN(C(=O)OC(C)(C)C)C(C)C1. The lowest BCUT2D eigenvalue weighted by molar-refractivity contribution is 0.00233. The number of piperidine rings is 1. The van der Waals surface area contributed by atoms with Crippen LogP contribution in [0.5, 0.6) is 0 Å². The van der Waals surface area contributed by atoms with Gasteiger partial charge in [-0.2, -0.15) is 0 Å². The summed E-state index contributed by atoms with van der Waals surface area (Å²) in [4.78, 5) is 14.1. The summed E-state index contributed by atoms with van der Waals surface area (Å²) in [5.74, 6) is 0. The Hall–Kier alpha value is -0.810. The van der Waals surface area contributed by atoms with Crippen molar-refractivity contribution in [3.63, 3.8) is 0 Å². The number of hydrogen-bond donors (Lipinski definition) is 1. The molecular weight excluding hydrogens is 292 g/mol. The molecule has 1 aliphatic rings. The number of likely N-dealkylation sites (tertiary alicyclic amines) is 1. The Morgan fingerprint density at radius 2 is 1.91 bits per heavy atom. The molecule has 1 saturated heterocycles. The molecule has 1 N–H and O–H groups in total. The van der Waals surface area contributed by atoms with Crippen LogP contribution in [0.2, 0.25) is 0 Å². The molecule has 0 bridgehead atoms. The van der Waals surface area contributed by atoms with E-state index in [0.717, 1.165) is 25.8 Å². The lowest BCUT2D eigenvalue weighted by Crippen LogP contribution is -2.52. The van der Waals surface area contributed by atoms with Gasteiger partial charge in [0.25, 0.3) is 0 Å². The maximum Gasteiger partial charge on any atom is 0.410 e. The van der Waals surface area contributed by atoms with E-state index in [1.807, 2.05) is 25.7 Å². The van der Waals surface area contributed by atoms with Gasteiger partial charge < -0.3 is 19.7 Å². The third-order valence-electron chi connectivity index (χ3n) is 4.37. The van der Waals surface area contributed by atoms with Crippen LogP contribution in [-0.4, -0.2) is 54.0 Å². The molecule has 23 heavy (non-hydrogen) atoms. The number of carbonyl (C=O) groups excluding carboxylic acids is 1. The zero-order chi connectivity index (χ0) is 17.8. The molecule has 0 aromatic rings. The Labute approximate surface area is 142 Å². The van der Waals surface area contributed by atoms with Crippen molar-refractivity contribution in [3.8, 4) is 0 Å². The van der Waals surface area contributed by atoms with Crippen LogP contribution in [0.25, 0.3) is 0 Å². The predicted molar refractivity (Wildman–Crippen MR) is 93.7 cm³/mol. The van der Waals surface area contributed by atoms with E-state index in [1.165, 1.54) is 0 Å². The Bertz CT molecular complexity index is 390. The van der Waals surface area contributed by atoms with E-state index in [1.54, 1.807) is 7.11 Å². The van der Waals surface area contributed by atoms with Gasteiger partial charge in [-0.3, -0.25) is 0 Å². The van der Waals surface area contributed by atoms with Crippen LogP contribution in [0.3, 0.4) is 0 Å². The van der Waals surface area contributed by atoms with Crippen molar-refractivity contribution in [1.82, 2.24) is 10.2 Å². The fraction of sp³-hybridized carbons (Fsp3) is 0.944. The van der Waals surface area contributed by atoms with Crippen molar-refractivity contribution < 1.29 is 14.3 Å². The molecule has 1 rings (SSSR count). The molecule has 3 atom stereocenters. The number of ether oxygens (including phenoxy) is 2. The fourth-order valence-corrected chi connectivity index (χ4v) is 3.20. The van der Waals surface area contributed by atoms with Gasteiger partial charge in [0.05, 0.1) is 5.60 Å². The average molecular weight is 328 g/mol. The Morgan fingerprint density at radius 3 is 2.39 bits per heavy atom. The largest absolute Gasteiger partial charge is 0.444 e. The molecule has 136 valence electrons. The molecule has 1 fully saturated rings. The molecule has 0 spiro atoms. The van der Waals surface area contributed by atoms with Crippen LogP contribution in [0.1, 0.15) is 67.7 Å². The zero-order valence-electron chi connectivity index (χ0n) is 16.2. The number of rotatable bonds is 5. The minimum atomic E-state index is -0.438. The van der Waals surface area contributed by atoms with Crippen LogP contribution in [0, 0.1) is 0 Å². The van der Waals surface area contributed by atoms with E-state index < -0.39 is 5.60 Å². The first-order valence-corrected chi connectivity index (χ1v) is 8.74. The van der Waals surface area contributed by atoms with E-state index >= 15 is 0 Å². The van der Waals surface area contributed by atoms with Gasteiger partial charge in [-0.15, -0.1) is 0 Å². The number of amides is 1. The molecule has 5 heteroatoms. The van der Waals surface area contributed by atoms with Crippen molar-refractivity contribution in [1.29, 1.82) is 0 Å². The summed E-state index contributed by atoms with van der Waals surface area (Å²) in [6.45, 7) is 15.0. The summed E-state index contributed by atoms with van der Waals surface area (Å²) in [6.07, 6.45) is 2.68. The summed E-state index contributed by atoms with van der Waals surface area (Å²) < 4.78 is 11.0. The van der Waals surface area contributed by atoms with Crippen molar-refractivity contribution in [2.24, 2.45) is 0 Å². The van der Waals surface area contributed by atoms with Crippen LogP contribution in [-0.2, 0) is 9.47 Å². The Kier molecular flexibility index (Phi) is 6.90. The number of carbonyl (C=O) groups is 1. The lowest BCUT2D eigenvalue weighted by Gasteiger charge is -2.40. The third kappa shape index (κ3) is 7.08. The highest BCUT2D eigenvalue weighted by atomic mass is 16.6. The smallest absolute Gasteiger partial charge is 0.410 e. The molecule has 1 heterocycles. The number of nitrogens with one attached hydrogen (secondary N) is 1. The number of nitrogens with zero attached hydrogens (tertiary/aromatic N) is 1. The molecule has 3 unspecified atom stereocenters. The summed E-state index contributed by atoms with van der Waals surface area (Å²) in [7, 11) is 1.76. The van der Waals surface area contributed by atoms with Crippen molar-refractivity contribution in [2.45, 2.75) is 97.1 Å². The number of methoxy groups -OCH3 is 1. The van der Waals surface area contributed by atoms with E-state index in [-0.39, 0.29) is 17.7 Å². The van der Waals surface area contributed by atoms with Crippen LogP contribution in [0.4, 0.5) is 4.79 Å². The second-order valence-electron chi connectivity index (χ2n) is 8.48. The molecule has 0 aromatic carbocycles. The van der Waals surface area contributed by atoms with Gasteiger partial charge in [-0.1, -0.05) is 0 Å². The molecule has 1 aliphatic heterocycles. The quantitative estimate of drug-likeness (QED) is 0.838. The van der Waals surface area contributed by atoms with Crippen molar-refractivity contribution in [3.05, 3.63) is 0 Å². The predicted octanol–water partition coefficient (Wildman–Crippen LogP) is 3.57. The first-order chi connectivity index (χ1) is 10.4. The monoisotopic (exact) mass is 328 g/mol. The number of hydrogen-bond acceptors (Lipinski definition) is 4. The molecule has 0 aromatic heterocycles. The van der Waals surface area contributed by atoms with E-state index in [4.69, 9.17) is 9.47 Å². The highest BCUT2D eigenvalue weighted by Crippen LogP contribution is 2.22. The van der Waals surface area contributed by atoms with Gasteiger partial charge in [-0.05, 0) is 67.7 Å². The minimum absolute atomic E-state index is 0.116. The van der Waals surface area contributed by atoms with Gasteiger partial charge >= 0.3 is 6.09 Å². The zero-order valence-corrected chi connectivity index (χ0v) is 16.2. The minimum Gasteiger partial charge on any atom is -0.444 e. The van der Waals surface area contributed by atoms with Crippen molar-refractivity contribution in [2.75, 3.05) is 13.7 Å². The molecule has 0 aliphatic carbocycles. The fourth-order valence-electron chi connectivity index (χ4n) is 3.20. The van der Waals surface area contributed by atoms with Gasteiger partial charge in [0.15, 0.2) is 0 Å². The molecule has 5 nitrogen and oxygen atoms in total. The van der Waals surface area contributed by atoms with Gasteiger partial charge in [0.1, 0.15) is 5.60 Å². The van der Waals surface area contributed by atoms with Crippen LogP contribution < -0.4 is 5.32 Å². The first-order valence-electron chi connectivity index (χ1n) is 8.74. The summed E-state index contributed by atoms with van der Waals surface area (Å²) in [5.41, 5.74) is -0.554. The van der Waals surface area contributed by atoms with Crippen LogP contribution in [0.15, 0.2) is 0 Å². The molecule has 0 radical (unpaired) electrons. The topological polar surface area (TPSA) is 50.8 Å². The summed E-state index contributed by atoms with van der Waals surface area (Å²) in [5, 5.41) is 3.69. The van der Waals surface area contributed by atoms with Gasteiger partial charge in [-0.25, -0.2) is 4.79 Å².